The maximum absolute atomic E-state index is 13.2. The van der Waals surface area contributed by atoms with Crippen LogP contribution >= 0.6 is 11.3 Å². The van der Waals surface area contributed by atoms with E-state index in [0.29, 0.717) is 5.78 Å². The third-order valence-electron chi connectivity index (χ3n) is 9.36. The maximum Gasteiger partial charge on any atom is 0.167 e. The minimum atomic E-state index is -0.428. The molecule has 4 saturated carbocycles. The maximum atomic E-state index is 13.2. The summed E-state index contributed by atoms with van der Waals surface area (Å²) in [6, 6.07) is 2.02. The molecule has 1 aromatic rings. The van der Waals surface area contributed by atoms with Crippen molar-refractivity contribution in [3.8, 4) is 0 Å². The molecule has 3 heteroatoms. The number of carbonyl (C=O) groups is 1. The highest BCUT2D eigenvalue weighted by atomic mass is 32.1. The molecule has 27 heavy (non-hydrogen) atoms. The molecule has 0 saturated heterocycles. The Bertz CT molecular complexity index is 708. The van der Waals surface area contributed by atoms with E-state index < -0.39 is 5.60 Å². The van der Waals surface area contributed by atoms with Crippen LogP contribution in [-0.4, -0.2) is 16.5 Å². The second-order valence-electron chi connectivity index (χ2n) is 10.7. The lowest BCUT2D eigenvalue weighted by Gasteiger charge is -2.56. The van der Waals surface area contributed by atoms with Crippen LogP contribution in [0, 0.1) is 40.9 Å². The van der Waals surface area contributed by atoms with Gasteiger partial charge in [-0.15, -0.1) is 0 Å². The molecule has 0 aliphatic heterocycles. The summed E-state index contributed by atoms with van der Waals surface area (Å²) in [5, 5.41) is 14.6. The van der Waals surface area contributed by atoms with E-state index in [2.05, 4.69) is 6.92 Å². The lowest BCUT2D eigenvalue weighted by atomic mass is 9.49. The molecule has 148 valence electrons. The minimum absolute atomic E-state index is 0.215. The molecule has 1 aromatic heterocycles. The zero-order chi connectivity index (χ0) is 18.8. The van der Waals surface area contributed by atoms with E-state index in [4.69, 9.17) is 0 Å². The first-order valence-corrected chi connectivity index (χ1v) is 12.1. The number of hydrogen-bond acceptors (Lipinski definition) is 3. The van der Waals surface area contributed by atoms with Crippen LogP contribution in [0.25, 0.3) is 0 Å². The third-order valence-corrected chi connectivity index (χ3v) is 10.0. The van der Waals surface area contributed by atoms with Crippen molar-refractivity contribution in [2.75, 3.05) is 0 Å². The standard InChI is InChI=1S/C24H34O2S/c1-23(26)10-7-17-15(13-23)3-4-19-18(17)8-11-24(2)20(19)5-6-21(24)22(25)16-9-12-27-14-16/h9,12,14-15,17-21,26H,3-8,10-11,13H2,1-2H3/t15-,17+,18-,19-,20+,21-,23-,24+/m1/s1. The molecule has 0 spiro atoms. The molecule has 4 fully saturated rings. The monoisotopic (exact) mass is 386 g/mol. The van der Waals surface area contributed by atoms with Crippen molar-refractivity contribution in [2.24, 2.45) is 40.9 Å². The Morgan fingerprint density at radius 2 is 1.85 bits per heavy atom. The van der Waals surface area contributed by atoms with E-state index in [0.717, 1.165) is 54.4 Å². The van der Waals surface area contributed by atoms with Crippen LogP contribution in [0.15, 0.2) is 16.8 Å². The van der Waals surface area contributed by atoms with Crippen molar-refractivity contribution in [3.63, 3.8) is 0 Å². The fraction of sp³-hybridized carbons (Fsp3) is 0.792. The Kier molecular flexibility index (Phi) is 4.37. The van der Waals surface area contributed by atoms with Crippen LogP contribution in [0.1, 0.15) is 82.0 Å². The van der Waals surface area contributed by atoms with Crippen molar-refractivity contribution in [1.29, 1.82) is 0 Å². The molecule has 0 amide bonds. The SMILES string of the molecule is C[C@@]1(O)CC[C@H]2[C@H](CC[C@@H]3[C@@H]2CC[C@]2(C)[C@@H](C(=O)c4ccsc4)CC[C@@H]32)C1. The Balaban J connectivity index is 1.37. The second kappa shape index (κ2) is 6.42. The summed E-state index contributed by atoms with van der Waals surface area (Å²) in [7, 11) is 0. The second-order valence-corrected chi connectivity index (χ2v) is 11.5. The van der Waals surface area contributed by atoms with Crippen LogP contribution in [0.2, 0.25) is 0 Å². The minimum Gasteiger partial charge on any atom is -0.390 e. The van der Waals surface area contributed by atoms with Gasteiger partial charge in [0, 0.05) is 16.9 Å². The van der Waals surface area contributed by atoms with Crippen molar-refractivity contribution in [3.05, 3.63) is 22.4 Å². The lowest BCUT2D eigenvalue weighted by Crippen LogP contribution is -2.51. The van der Waals surface area contributed by atoms with Gasteiger partial charge in [-0.2, -0.15) is 11.3 Å². The highest BCUT2D eigenvalue weighted by Gasteiger charge is 2.58. The summed E-state index contributed by atoms with van der Waals surface area (Å²) < 4.78 is 0. The number of aliphatic hydroxyl groups is 1. The summed E-state index contributed by atoms with van der Waals surface area (Å²) >= 11 is 1.64. The van der Waals surface area contributed by atoms with Gasteiger partial charge in [-0.05, 0) is 111 Å². The Labute approximate surface area is 167 Å². The predicted octanol–water partition coefficient (Wildman–Crippen LogP) is 5.95. The number of carbonyl (C=O) groups excluding carboxylic acids is 1. The average Bonchev–Trinajstić information content (AvgIpc) is 3.27. The van der Waals surface area contributed by atoms with Crippen LogP contribution in [0.3, 0.4) is 0 Å². The summed E-state index contributed by atoms with van der Waals surface area (Å²) in [5.41, 5.74) is 0.739. The molecule has 5 rings (SSSR count). The van der Waals surface area contributed by atoms with Crippen molar-refractivity contribution < 1.29 is 9.90 Å². The Morgan fingerprint density at radius 3 is 2.63 bits per heavy atom. The highest BCUT2D eigenvalue weighted by molar-refractivity contribution is 7.08. The highest BCUT2D eigenvalue weighted by Crippen LogP contribution is 2.64. The first-order valence-electron chi connectivity index (χ1n) is 11.2. The zero-order valence-corrected chi connectivity index (χ0v) is 17.6. The van der Waals surface area contributed by atoms with E-state index in [9.17, 15) is 9.90 Å². The molecule has 2 nitrogen and oxygen atoms in total. The van der Waals surface area contributed by atoms with Gasteiger partial charge in [-0.3, -0.25) is 4.79 Å². The smallest absolute Gasteiger partial charge is 0.167 e. The van der Waals surface area contributed by atoms with E-state index in [1.54, 1.807) is 11.3 Å². The molecule has 0 aromatic carbocycles. The zero-order valence-electron chi connectivity index (χ0n) is 16.8. The quantitative estimate of drug-likeness (QED) is 0.638. The third kappa shape index (κ3) is 2.87. The molecule has 0 unspecified atom stereocenters. The van der Waals surface area contributed by atoms with E-state index in [1.807, 2.05) is 23.8 Å². The van der Waals surface area contributed by atoms with Crippen LogP contribution < -0.4 is 0 Å². The van der Waals surface area contributed by atoms with E-state index >= 15 is 0 Å². The lowest BCUT2D eigenvalue weighted by molar-refractivity contribution is -0.0976. The largest absolute Gasteiger partial charge is 0.390 e. The average molecular weight is 387 g/mol. The Hall–Kier alpha value is -0.670. The molecular weight excluding hydrogens is 352 g/mol. The summed E-state index contributed by atoms with van der Waals surface area (Å²) in [4.78, 5) is 13.2. The van der Waals surface area contributed by atoms with Gasteiger partial charge in [-0.1, -0.05) is 6.92 Å². The normalized spacial score (nSPS) is 49.1. The van der Waals surface area contributed by atoms with Crippen LogP contribution in [0.5, 0.6) is 0 Å². The number of hydrogen-bond donors (Lipinski definition) is 1. The van der Waals surface area contributed by atoms with Gasteiger partial charge in [0.15, 0.2) is 5.78 Å². The summed E-state index contributed by atoms with van der Waals surface area (Å²) in [6.45, 7) is 4.50. The molecular formula is C24H34O2S. The van der Waals surface area contributed by atoms with Gasteiger partial charge < -0.3 is 5.11 Å². The van der Waals surface area contributed by atoms with Crippen molar-refractivity contribution in [2.45, 2.75) is 77.2 Å². The van der Waals surface area contributed by atoms with Gasteiger partial charge in [0.1, 0.15) is 0 Å². The van der Waals surface area contributed by atoms with Gasteiger partial charge in [0.2, 0.25) is 0 Å². The fourth-order valence-corrected chi connectivity index (χ4v) is 8.76. The fourth-order valence-electron chi connectivity index (χ4n) is 8.12. The summed E-state index contributed by atoms with van der Waals surface area (Å²) in [6.07, 6.45) is 10.8. The molecule has 1 N–H and O–H groups in total. The van der Waals surface area contributed by atoms with Gasteiger partial charge >= 0.3 is 0 Å². The number of rotatable bonds is 2. The number of ketones is 1. The van der Waals surface area contributed by atoms with Crippen LogP contribution in [0.4, 0.5) is 0 Å². The van der Waals surface area contributed by atoms with E-state index in [1.165, 1.54) is 38.5 Å². The molecule has 8 atom stereocenters. The number of thiophene rings is 1. The Morgan fingerprint density at radius 1 is 1.04 bits per heavy atom. The topological polar surface area (TPSA) is 37.3 Å². The predicted molar refractivity (Wildman–Crippen MR) is 110 cm³/mol. The van der Waals surface area contributed by atoms with Crippen LogP contribution in [-0.2, 0) is 0 Å². The number of Topliss-reactive ketones (excluding diaryl/α,β-unsaturated/α-hetero) is 1. The first-order chi connectivity index (χ1) is 12.9. The molecule has 0 bridgehead atoms. The van der Waals surface area contributed by atoms with Crippen molar-refractivity contribution >= 4 is 17.1 Å². The first kappa shape index (κ1) is 18.4. The molecule has 1 heterocycles. The molecule has 4 aliphatic carbocycles. The molecule has 0 radical (unpaired) electrons. The molecule has 4 aliphatic rings. The van der Waals surface area contributed by atoms with Crippen molar-refractivity contribution in [1.82, 2.24) is 0 Å². The van der Waals surface area contributed by atoms with E-state index in [-0.39, 0.29) is 11.3 Å². The van der Waals surface area contributed by atoms with Gasteiger partial charge in [-0.25, -0.2) is 0 Å². The number of fused-ring (bicyclic) bond motifs is 5. The van der Waals surface area contributed by atoms with Gasteiger partial charge in [0.25, 0.3) is 0 Å². The summed E-state index contributed by atoms with van der Waals surface area (Å²) in [5.74, 6) is 4.66. The van der Waals surface area contributed by atoms with Gasteiger partial charge in [0.05, 0.1) is 5.60 Å².